The molecule has 3 aromatic rings. The molecule has 2 N–H and O–H groups in total. The summed E-state index contributed by atoms with van der Waals surface area (Å²) < 4.78 is 11.7. The summed E-state index contributed by atoms with van der Waals surface area (Å²) >= 11 is 1.52. The Bertz CT molecular complexity index is 1370. The van der Waals surface area contributed by atoms with E-state index in [4.69, 9.17) is 14.5 Å². The standard InChI is InChI=1S/C28H29N3O4S/c1-3-14-36-28-30-26-25(27(33)31-28)23(24-19(29-26)10-7-11-20(24)32)18-12-13-21(22(15-18)34-2)35-16-17-8-5-4-6-9-17/h4-6,8-9,12-13,15,23H,3,7,10-11,14,16H2,1-2H3,(H2,29,30,31,33). The molecular weight excluding hydrogens is 474 g/mol. The van der Waals surface area contributed by atoms with Crippen molar-refractivity contribution in [2.45, 2.75) is 50.3 Å². The minimum absolute atomic E-state index is 0.0617. The fourth-order valence-corrected chi connectivity index (χ4v) is 5.48. The summed E-state index contributed by atoms with van der Waals surface area (Å²) in [5, 5.41) is 3.91. The number of hydrogen-bond donors (Lipinski definition) is 2. The highest BCUT2D eigenvalue weighted by Crippen LogP contribution is 2.45. The Morgan fingerprint density at radius 3 is 2.69 bits per heavy atom. The number of anilines is 1. The summed E-state index contributed by atoms with van der Waals surface area (Å²) in [6.07, 6.45) is 2.97. The largest absolute Gasteiger partial charge is 0.493 e. The second kappa shape index (κ2) is 10.6. The fraction of sp³-hybridized carbons (Fsp3) is 0.321. The predicted molar refractivity (Wildman–Crippen MR) is 141 cm³/mol. The van der Waals surface area contributed by atoms with Crippen LogP contribution in [0.1, 0.15) is 55.2 Å². The predicted octanol–water partition coefficient (Wildman–Crippen LogP) is 5.42. The number of fused-ring (bicyclic) bond motifs is 1. The number of benzene rings is 2. The Morgan fingerprint density at radius 2 is 1.92 bits per heavy atom. The van der Waals surface area contributed by atoms with Gasteiger partial charge in [-0.3, -0.25) is 9.59 Å². The van der Waals surface area contributed by atoms with Gasteiger partial charge in [-0.2, -0.15) is 0 Å². The van der Waals surface area contributed by atoms with Crippen LogP contribution in [0.2, 0.25) is 0 Å². The Hall–Kier alpha value is -3.52. The van der Waals surface area contributed by atoms with Crippen molar-refractivity contribution in [2.24, 2.45) is 0 Å². The van der Waals surface area contributed by atoms with Crippen molar-refractivity contribution in [1.29, 1.82) is 0 Å². The number of Topliss-reactive ketones (excluding diaryl/α,β-unsaturated/α-hetero) is 1. The maximum absolute atomic E-state index is 13.4. The van der Waals surface area contributed by atoms with E-state index in [-0.39, 0.29) is 11.3 Å². The van der Waals surface area contributed by atoms with Crippen LogP contribution in [-0.4, -0.2) is 28.6 Å². The number of H-pyrrole nitrogens is 1. The van der Waals surface area contributed by atoms with E-state index in [0.717, 1.165) is 41.8 Å². The number of ether oxygens (including phenoxy) is 2. The van der Waals surface area contributed by atoms with Crippen LogP contribution in [0.5, 0.6) is 11.5 Å². The summed E-state index contributed by atoms with van der Waals surface area (Å²) in [6, 6.07) is 15.5. The molecule has 2 aromatic carbocycles. The first-order valence-electron chi connectivity index (χ1n) is 12.2. The molecule has 1 atom stereocenters. The van der Waals surface area contributed by atoms with Crippen LogP contribution in [0.3, 0.4) is 0 Å². The van der Waals surface area contributed by atoms with Gasteiger partial charge in [0.2, 0.25) is 0 Å². The number of carbonyl (C=O) groups is 1. The lowest BCUT2D eigenvalue weighted by Gasteiger charge is -2.33. The normalized spacial score (nSPS) is 16.7. The number of ketones is 1. The molecule has 1 aromatic heterocycles. The second-order valence-electron chi connectivity index (χ2n) is 8.89. The van der Waals surface area contributed by atoms with Gasteiger partial charge in [-0.25, -0.2) is 4.98 Å². The highest BCUT2D eigenvalue weighted by atomic mass is 32.2. The van der Waals surface area contributed by atoms with E-state index in [9.17, 15) is 9.59 Å². The van der Waals surface area contributed by atoms with Crippen molar-refractivity contribution >= 4 is 23.4 Å². The first kappa shape index (κ1) is 24.2. The molecule has 0 fully saturated rings. The number of rotatable bonds is 8. The van der Waals surface area contributed by atoms with Crippen molar-refractivity contribution in [3.05, 3.63) is 86.8 Å². The quantitative estimate of drug-likeness (QED) is 0.313. The molecule has 2 aliphatic rings. The van der Waals surface area contributed by atoms with Gasteiger partial charge in [-0.05, 0) is 42.5 Å². The van der Waals surface area contributed by atoms with Gasteiger partial charge in [0.1, 0.15) is 12.4 Å². The van der Waals surface area contributed by atoms with Gasteiger partial charge in [0.15, 0.2) is 22.4 Å². The number of hydrogen-bond acceptors (Lipinski definition) is 7. The molecule has 2 heterocycles. The summed E-state index contributed by atoms with van der Waals surface area (Å²) in [4.78, 5) is 34.1. The van der Waals surface area contributed by atoms with E-state index in [1.807, 2.05) is 48.5 Å². The average molecular weight is 504 g/mol. The Morgan fingerprint density at radius 1 is 1.08 bits per heavy atom. The summed E-state index contributed by atoms with van der Waals surface area (Å²) in [5.74, 6) is 2.07. The first-order valence-corrected chi connectivity index (χ1v) is 13.2. The van der Waals surface area contributed by atoms with Crippen LogP contribution in [0, 0.1) is 0 Å². The van der Waals surface area contributed by atoms with Crippen LogP contribution >= 0.6 is 11.8 Å². The maximum atomic E-state index is 13.4. The summed E-state index contributed by atoms with van der Waals surface area (Å²) in [5.41, 5.74) is 3.58. The monoisotopic (exact) mass is 503 g/mol. The Kier molecular flexibility index (Phi) is 7.13. The van der Waals surface area contributed by atoms with Crippen LogP contribution in [0.4, 0.5) is 5.82 Å². The second-order valence-corrected chi connectivity index (χ2v) is 9.98. The number of nitrogens with zero attached hydrogens (tertiary/aromatic N) is 1. The molecule has 5 rings (SSSR count). The van der Waals surface area contributed by atoms with Crippen LogP contribution < -0.4 is 20.3 Å². The number of methoxy groups -OCH3 is 1. The van der Waals surface area contributed by atoms with Gasteiger partial charge in [-0.15, -0.1) is 0 Å². The van der Waals surface area contributed by atoms with E-state index in [2.05, 4.69) is 17.2 Å². The lowest BCUT2D eigenvalue weighted by atomic mass is 9.76. The first-order chi connectivity index (χ1) is 17.6. The van der Waals surface area contributed by atoms with E-state index in [1.165, 1.54) is 11.8 Å². The van der Waals surface area contributed by atoms with E-state index in [1.54, 1.807) is 7.11 Å². The molecule has 0 saturated heterocycles. The van der Waals surface area contributed by atoms with E-state index in [0.29, 0.717) is 46.6 Å². The zero-order valence-corrected chi connectivity index (χ0v) is 21.2. The highest BCUT2D eigenvalue weighted by molar-refractivity contribution is 7.99. The third-order valence-electron chi connectivity index (χ3n) is 6.44. The van der Waals surface area contributed by atoms with Gasteiger partial charge in [0.25, 0.3) is 5.56 Å². The van der Waals surface area contributed by atoms with Gasteiger partial charge in [0.05, 0.1) is 12.7 Å². The molecule has 1 unspecified atom stereocenters. The molecule has 8 heteroatoms. The molecule has 1 aliphatic carbocycles. The van der Waals surface area contributed by atoms with Gasteiger partial charge in [-0.1, -0.05) is 55.1 Å². The molecule has 1 aliphatic heterocycles. The van der Waals surface area contributed by atoms with Crippen molar-refractivity contribution in [3.8, 4) is 11.5 Å². The zero-order chi connectivity index (χ0) is 25.1. The fourth-order valence-electron chi connectivity index (χ4n) is 4.76. The third kappa shape index (κ3) is 4.78. The molecule has 0 spiro atoms. The van der Waals surface area contributed by atoms with Crippen molar-refractivity contribution in [3.63, 3.8) is 0 Å². The molecule has 7 nitrogen and oxygen atoms in total. The van der Waals surface area contributed by atoms with E-state index >= 15 is 0 Å². The molecular formula is C28H29N3O4S. The summed E-state index contributed by atoms with van der Waals surface area (Å²) in [6.45, 7) is 2.49. The van der Waals surface area contributed by atoms with Crippen LogP contribution in [0.25, 0.3) is 0 Å². The van der Waals surface area contributed by atoms with Crippen molar-refractivity contribution in [2.75, 3.05) is 18.2 Å². The SMILES string of the molecule is CCCSc1nc2c(c(=O)[nH]1)C(c1ccc(OCc3ccccc3)c(OC)c1)C1=C(CCCC1=O)N2. The lowest BCUT2D eigenvalue weighted by molar-refractivity contribution is -0.116. The van der Waals surface area contributed by atoms with Gasteiger partial charge in [0, 0.05) is 29.4 Å². The molecule has 0 amide bonds. The van der Waals surface area contributed by atoms with Crippen molar-refractivity contribution < 1.29 is 14.3 Å². The molecule has 0 bridgehead atoms. The molecule has 0 radical (unpaired) electrons. The van der Waals surface area contributed by atoms with E-state index < -0.39 is 5.92 Å². The average Bonchev–Trinajstić information content (AvgIpc) is 2.90. The number of aromatic amines is 1. The summed E-state index contributed by atoms with van der Waals surface area (Å²) in [7, 11) is 1.59. The molecule has 0 saturated carbocycles. The topological polar surface area (TPSA) is 93.3 Å². The number of aromatic nitrogens is 2. The van der Waals surface area contributed by atoms with Crippen LogP contribution in [-0.2, 0) is 11.4 Å². The number of nitrogens with one attached hydrogen (secondary N) is 2. The molecule has 36 heavy (non-hydrogen) atoms. The van der Waals surface area contributed by atoms with Crippen LogP contribution in [0.15, 0.2) is 69.8 Å². The maximum Gasteiger partial charge on any atom is 0.257 e. The Labute approximate surface area is 214 Å². The van der Waals surface area contributed by atoms with Gasteiger partial charge >= 0.3 is 0 Å². The smallest absolute Gasteiger partial charge is 0.257 e. The molecule has 186 valence electrons. The number of thioether (sulfide) groups is 1. The highest BCUT2D eigenvalue weighted by Gasteiger charge is 2.38. The number of allylic oxidation sites excluding steroid dienone is 2. The lowest BCUT2D eigenvalue weighted by Crippen LogP contribution is -2.32. The number of carbonyl (C=O) groups excluding carboxylic acids is 1. The Balaban J connectivity index is 1.56. The zero-order valence-electron chi connectivity index (χ0n) is 20.4. The third-order valence-corrected chi connectivity index (χ3v) is 7.52. The minimum Gasteiger partial charge on any atom is -0.493 e. The van der Waals surface area contributed by atoms with Crippen molar-refractivity contribution in [1.82, 2.24) is 9.97 Å². The van der Waals surface area contributed by atoms with Gasteiger partial charge < -0.3 is 19.8 Å². The minimum atomic E-state index is -0.525.